The van der Waals surface area contributed by atoms with Gasteiger partial charge in [0, 0.05) is 6.42 Å². The molecule has 13 heavy (non-hydrogen) atoms. The molecular weight excluding hydrogens is 174 g/mol. The van der Waals surface area contributed by atoms with Crippen LogP contribution in [0.5, 0.6) is 0 Å². The maximum absolute atomic E-state index is 10.1. The third-order valence-corrected chi connectivity index (χ3v) is 1.01. The lowest BCUT2D eigenvalue weighted by Crippen LogP contribution is -2.09. The number of carbonyl (C=O) groups is 2. The van der Waals surface area contributed by atoms with Gasteiger partial charge < -0.3 is 9.47 Å². The summed E-state index contributed by atoms with van der Waals surface area (Å²) in [6.45, 7) is 3.14. The van der Waals surface area contributed by atoms with Crippen molar-refractivity contribution in [3.05, 3.63) is 0 Å². The Hall–Kier alpha value is -1.39. The number of rotatable bonds is 2. The van der Waals surface area contributed by atoms with E-state index in [1.165, 1.54) is 21.1 Å². The standard InChI is InChI=1S/C4H7NO2.C4H8O2/c1-3(5)4(6)7-2;1-3-4(5)6-2/h5H,1-2H3;3H2,1-2H3. The molecule has 0 aromatic heterocycles. The molecule has 0 bridgehead atoms. The first-order valence-corrected chi connectivity index (χ1v) is 3.69. The zero-order valence-electron chi connectivity index (χ0n) is 8.34. The van der Waals surface area contributed by atoms with Crippen molar-refractivity contribution in [2.45, 2.75) is 20.3 Å². The van der Waals surface area contributed by atoms with Gasteiger partial charge in [0.1, 0.15) is 5.71 Å². The third kappa shape index (κ3) is 10.6. The van der Waals surface area contributed by atoms with Crippen molar-refractivity contribution in [1.29, 1.82) is 5.41 Å². The number of esters is 2. The molecule has 0 saturated heterocycles. The van der Waals surface area contributed by atoms with Crippen molar-refractivity contribution in [2.24, 2.45) is 0 Å². The van der Waals surface area contributed by atoms with E-state index in [4.69, 9.17) is 5.41 Å². The highest BCUT2D eigenvalue weighted by Gasteiger charge is 1.98. The Kier molecular flexibility index (Phi) is 9.48. The first kappa shape index (κ1) is 14.2. The van der Waals surface area contributed by atoms with E-state index >= 15 is 0 Å². The summed E-state index contributed by atoms with van der Waals surface area (Å²) in [5, 5.41) is 6.63. The van der Waals surface area contributed by atoms with Crippen LogP contribution in [0.25, 0.3) is 0 Å². The van der Waals surface area contributed by atoms with Gasteiger partial charge in [-0.15, -0.1) is 0 Å². The molecule has 0 spiro atoms. The molecule has 0 aromatic rings. The van der Waals surface area contributed by atoms with Gasteiger partial charge in [-0.2, -0.15) is 0 Å². The van der Waals surface area contributed by atoms with Gasteiger partial charge in [0.15, 0.2) is 0 Å². The summed E-state index contributed by atoms with van der Waals surface area (Å²) < 4.78 is 8.41. The third-order valence-electron chi connectivity index (χ3n) is 1.01. The van der Waals surface area contributed by atoms with Crippen LogP contribution in [0.1, 0.15) is 20.3 Å². The van der Waals surface area contributed by atoms with Crippen LogP contribution < -0.4 is 0 Å². The summed E-state index contributed by atoms with van der Waals surface area (Å²) in [6.07, 6.45) is 0.469. The van der Waals surface area contributed by atoms with Crippen molar-refractivity contribution in [3.63, 3.8) is 0 Å². The number of hydrogen-bond donors (Lipinski definition) is 1. The van der Waals surface area contributed by atoms with Crippen LogP contribution in [-0.4, -0.2) is 31.9 Å². The van der Waals surface area contributed by atoms with Crippen LogP contribution in [-0.2, 0) is 19.1 Å². The maximum atomic E-state index is 10.1. The summed E-state index contributed by atoms with van der Waals surface area (Å²) in [7, 11) is 2.63. The first-order chi connectivity index (χ1) is 5.99. The number of nitrogens with one attached hydrogen (secondary N) is 1. The molecule has 0 rings (SSSR count). The predicted molar refractivity (Wildman–Crippen MR) is 47.7 cm³/mol. The monoisotopic (exact) mass is 189 g/mol. The van der Waals surface area contributed by atoms with E-state index in [9.17, 15) is 9.59 Å². The molecule has 0 aromatic carbocycles. The Balaban J connectivity index is 0. The smallest absolute Gasteiger partial charge is 0.351 e. The second-order valence-corrected chi connectivity index (χ2v) is 2.05. The van der Waals surface area contributed by atoms with E-state index < -0.39 is 5.97 Å². The summed E-state index contributed by atoms with van der Waals surface area (Å²) in [5.41, 5.74) is -0.0671. The van der Waals surface area contributed by atoms with Gasteiger partial charge >= 0.3 is 11.9 Å². The van der Waals surface area contributed by atoms with Gasteiger partial charge in [-0.05, 0) is 6.92 Å². The van der Waals surface area contributed by atoms with E-state index in [2.05, 4.69) is 9.47 Å². The van der Waals surface area contributed by atoms with Crippen molar-refractivity contribution in [1.82, 2.24) is 0 Å². The van der Waals surface area contributed by atoms with Crippen LogP contribution in [0.3, 0.4) is 0 Å². The van der Waals surface area contributed by atoms with Crippen molar-refractivity contribution in [2.75, 3.05) is 14.2 Å². The number of ether oxygens (including phenoxy) is 2. The van der Waals surface area contributed by atoms with Crippen molar-refractivity contribution >= 4 is 17.7 Å². The quantitative estimate of drug-likeness (QED) is 0.514. The number of carbonyl (C=O) groups excluding carboxylic acids is 2. The van der Waals surface area contributed by atoms with Crippen LogP contribution in [0, 0.1) is 5.41 Å². The second-order valence-electron chi connectivity index (χ2n) is 2.05. The van der Waals surface area contributed by atoms with E-state index in [1.807, 2.05) is 0 Å². The summed E-state index contributed by atoms with van der Waals surface area (Å²) in [6, 6.07) is 0. The van der Waals surface area contributed by atoms with Crippen LogP contribution in [0.15, 0.2) is 0 Å². The summed E-state index contributed by atoms with van der Waals surface area (Å²) >= 11 is 0. The normalized spacial score (nSPS) is 7.69. The molecule has 1 N–H and O–H groups in total. The minimum atomic E-state index is -0.569. The Morgan fingerprint density at radius 2 is 1.69 bits per heavy atom. The van der Waals surface area contributed by atoms with Crippen molar-refractivity contribution < 1.29 is 19.1 Å². The molecule has 5 nitrogen and oxygen atoms in total. The maximum Gasteiger partial charge on any atom is 0.351 e. The predicted octanol–water partition coefficient (Wildman–Crippen LogP) is 0.768. The fourth-order valence-electron chi connectivity index (χ4n) is 0.297. The minimum absolute atomic E-state index is 0.0671. The molecule has 0 heterocycles. The van der Waals surface area contributed by atoms with E-state index in [-0.39, 0.29) is 11.7 Å². The van der Waals surface area contributed by atoms with E-state index in [0.29, 0.717) is 6.42 Å². The lowest BCUT2D eigenvalue weighted by molar-refractivity contribution is -0.140. The highest BCUT2D eigenvalue weighted by molar-refractivity contribution is 6.33. The lowest BCUT2D eigenvalue weighted by atomic mass is 10.4. The lowest BCUT2D eigenvalue weighted by Gasteiger charge is -1.89. The highest BCUT2D eigenvalue weighted by Crippen LogP contribution is 1.76. The highest BCUT2D eigenvalue weighted by atomic mass is 16.5. The van der Waals surface area contributed by atoms with Crippen molar-refractivity contribution in [3.8, 4) is 0 Å². The Morgan fingerprint density at radius 1 is 1.23 bits per heavy atom. The molecule has 0 amide bonds. The van der Waals surface area contributed by atoms with Gasteiger partial charge in [-0.25, -0.2) is 4.79 Å². The van der Waals surface area contributed by atoms with Gasteiger partial charge in [0.05, 0.1) is 14.2 Å². The average Bonchev–Trinajstić information content (AvgIpc) is 2.16. The fourth-order valence-corrected chi connectivity index (χ4v) is 0.297. The molecule has 0 aliphatic heterocycles. The average molecular weight is 189 g/mol. The SMILES string of the molecule is CCC(=O)OC.COC(=O)C(C)=N. The zero-order valence-corrected chi connectivity index (χ0v) is 8.34. The molecule has 0 fully saturated rings. The van der Waals surface area contributed by atoms with Gasteiger partial charge in [0.2, 0.25) is 0 Å². The topological polar surface area (TPSA) is 76.5 Å². The molecule has 0 atom stereocenters. The van der Waals surface area contributed by atoms with Crippen LogP contribution in [0.4, 0.5) is 0 Å². The number of hydrogen-bond acceptors (Lipinski definition) is 5. The van der Waals surface area contributed by atoms with E-state index in [1.54, 1.807) is 6.92 Å². The van der Waals surface area contributed by atoms with Crippen LogP contribution >= 0.6 is 0 Å². The first-order valence-electron chi connectivity index (χ1n) is 3.69. The molecule has 0 radical (unpaired) electrons. The molecule has 76 valence electrons. The summed E-state index contributed by atoms with van der Waals surface area (Å²) in [5.74, 6) is -0.727. The van der Waals surface area contributed by atoms with Gasteiger partial charge in [-0.1, -0.05) is 6.92 Å². The molecule has 0 aliphatic carbocycles. The van der Waals surface area contributed by atoms with Gasteiger partial charge in [0.25, 0.3) is 0 Å². The largest absolute Gasteiger partial charge is 0.469 e. The summed E-state index contributed by atoms with van der Waals surface area (Å²) in [4.78, 5) is 20.0. The second kappa shape index (κ2) is 8.70. The molecule has 0 saturated carbocycles. The Morgan fingerprint density at radius 3 is 1.69 bits per heavy atom. The zero-order chi connectivity index (χ0) is 10.9. The minimum Gasteiger partial charge on any atom is -0.469 e. The van der Waals surface area contributed by atoms with E-state index in [0.717, 1.165) is 0 Å². The number of methoxy groups -OCH3 is 2. The molecule has 0 aliphatic rings. The molecule has 0 unspecified atom stereocenters. The molecule has 5 heteroatoms. The molecular formula is C8H15NO4. The Bertz CT molecular complexity index is 183. The van der Waals surface area contributed by atoms with Gasteiger partial charge in [-0.3, -0.25) is 10.2 Å². The fraction of sp³-hybridized carbons (Fsp3) is 0.625. The Labute approximate surface area is 77.5 Å². The van der Waals surface area contributed by atoms with Crippen LogP contribution in [0.2, 0.25) is 0 Å².